The highest BCUT2D eigenvalue weighted by molar-refractivity contribution is 5.96. The molecule has 6 nitrogen and oxygen atoms in total. The molecular weight excluding hydrogens is 254 g/mol. The second-order valence-corrected chi connectivity index (χ2v) is 4.54. The Hall–Kier alpha value is -2.76. The van der Waals surface area contributed by atoms with Crippen LogP contribution in [0.5, 0.6) is 0 Å². The lowest BCUT2D eigenvalue weighted by atomic mass is 10.2. The van der Waals surface area contributed by atoms with Crippen molar-refractivity contribution >= 4 is 16.9 Å². The monoisotopic (exact) mass is 267 g/mol. The summed E-state index contributed by atoms with van der Waals surface area (Å²) in [5, 5.41) is 10.3. The number of aromatic nitrogens is 4. The van der Waals surface area contributed by atoms with E-state index in [4.69, 9.17) is 0 Å². The summed E-state index contributed by atoms with van der Waals surface area (Å²) in [6.45, 7) is 2.36. The van der Waals surface area contributed by atoms with E-state index in [0.717, 1.165) is 16.6 Å². The first-order valence-corrected chi connectivity index (χ1v) is 6.21. The fraction of sp³-hybridized carbons (Fsp3) is 0.143. The van der Waals surface area contributed by atoms with E-state index < -0.39 is 0 Å². The summed E-state index contributed by atoms with van der Waals surface area (Å²) in [5.74, 6) is -0.178. The quantitative estimate of drug-likeness (QED) is 0.754. The molecule has 0 aliphatic rings. The van der Waals surface area contributed by atoms with Crippen molar-refractivity contribution in [2.75, 3.05) is 0 Å². The zero-order valence-electron chi connectivity index (χ0n) is 10.9. The lowest BCUT2D eigenvalue weighted by Crippen LogP contribution is -2.23. The number of hydrogen-bond acceptors (Lipinski definition) is 4. The molecule has 0 unspecified atom stereocenters. The van der Waals surface area contributed by atoms with Crippen LogP contribution in [0.15, 0.2) is 36.8 Å². The smallest absolute Gasteiger partial charge is 0.253 e. The summed E-state index contributed by atoms with van der Waals surface area (Å²) >= 11 is 0. The maximum absolute atomic E-state index is 12.0. The number of carbonyl (C=O) groups excluding carboxylic acids is 1. The van der Waals surface area contributed by atoms with Crippen molar-refractivity contribution in [2.45, 2.75) is 13.5 Å². The molecule has 0 radical (unpaired) electrons. The lowest BCUT2D eigenvalue weighted by molar-refractivity contribution is 0.0950. The van der Waals surface area contributed by atoms with E-state index in [1.165, 1.54) is 6.20 Å². The van der Waals surface area contributed by atoms with Crippen LogP contribution < -0.4 is 5.32 Å². The second kappa shape index (κ2) is 5.08. The molecule has 0 aliphatic heterocycles. The van der Waals surface area contributed by atoms with Gasteiger partial charge < -0.3 is 5.32 Å². The average molecular weight is 267 g/mol. The number of amides is 1. The van der Waals surface area contributed by atoms with Gasteiger partial charge in [-0.25, -0.2) is 4.98 Å². The Kier molecular flexibility index (Phi) is 3.12. The molecule has 0 spiro atoms. The van der Waals surface area contributed by atoms with Gasteiger partial charge in [-0.15, -0.1) is 0 Å². The van der Waals surface area contributed by atoms with Crippen LogP contribution in [0, 0.1) is 6.92 Å². The topological polar surface area (TPSA) is 83.6 Å². The number of H-pyrrole nitrogens is 1. The standard InChI is InChI=1S/C14H13N5O/c1-9-2-3-12(15-5-9)8-17-14(20)11-4-10-7-18-19-13(10)16-6-11/h2-7H,8H2,1H3,(H,17,20)(H,16,18,19). The average Bonchev–Trinajstić information content (AvgIpc) is 2.93. The normalized spacial score (nSPS) is 10.7. The molecule has 3 aromatic rings. The van der Waals surface area contributed by atoms with E-state index in [1.807, 2.05) is 19.1 Å². The molecule has 0 atom stereocenters. The maximum Gasteiger partial charge on any atom is 0.253 e. The van der Waals surface area contributed by atoms with Crippen LogP contribution in [-0.4, -0.2) is 26.1 Å². The van der Waals surface area contributed by atoms with Crippen LogP contribution in [-0.2, 0) is 6.54 Å². The summed E-state index contributed by atoms with van der Waals surface area (Å²) in [4.78, 5) is 20.4. The van der Waals surface area contributed by atoms with Crippen molar-refractivity contribution in [1.82, 2.24) is 25.5 Å². The zero-order chi connectivity index (χ0) is 13.9. The third-order valence-electron chi connectivity index (χ3n) is 2.96. The number of pyridine rings is 2. The molecule has 2 N–H and O–H groups in total. The predicted octanol–water partition coefficient (Wildman–Crippen LogP) is 1.59. The first-order valence-electron chi connectivity index (χ1n) is 6.21. The number of rotatable bonds is 3. The van der Waals surface area contributed by atoms with Crippen molar-refractivity contribution in [1.29, 1.82) is 0 Å². The van der Waals surface area contributed by atoms with Crippen LogP contribution in [0.1, 0.15) is 21.6 Å². The van der Waals surface area contributed by atoms with Gasteiger partial charge in [0.2, 0.25) is 0 Å². The van der Waals surface area contributed by atoms with E-state index in [-0.39, 0.29) is 5.91 Å². The molecule has 20 heavy (non-hydrogen) atoms. The zero-order valence-corrected chi connectivity index (χ0v) is 10.9. The molecule has 3 aromatic heterocycles. The van der Waals surface area contributed by atoms with E-state index in [0.29, 0.717) is 17.8 Å². The summed E-state index contributed by atoms with van der Waals surface area (Å²) < 4.78 is 0. The number of aromatic amines is 1. The van der Waals surface area contributed by atoms with Gasteiger partial charge in [0.15, 0.2) is 5.65 Å². The molecule has 0 aromatic carbocycles. The maximum atomic E-state index is 12.0. The van der Waals surface area contributed by atoms with Gasteiger partial charge in [0.1, 0.15) is 0 Å². The Bertz CT molecular complexity index is 748. The van der Waals surface area contributed by atoms with Crippen molar-refractivity contribution in [3.05, 3.63) is 53.6 Å². The number of nitrogens with one attached hydrogen (secondary N) is 2. The number of hydrogen-bond donors (Lipinski definition) is 2. The van der Waals surface area contributed by atoms with Crippen molar-refractivity contribution in [3.63, 3.8) is 0 Å². The van der Waals surface area contributed by atoms with Gasteiger partial charge in [0.25, 0.3) is 5.91 Å². The third-order valence-corrected chi connectivity index (χ3v) is 2.96. The first kappa shape index (κ1) is 12.3. The summed E-state index contributed by atoms with van der Waals surface area (Å²) in [7, 11) is 0. The minimum absolute atomic E-state index is 0.178. The highest BCUT2D eigenvalue weighted by Crippen LogP contribution is 2.09. The highest BCUT2D eigenvalue weighted by atomic mass is 16.1. The van der Waals surface area contributed by atoms with Crippen molar-refractivity contribution < 1.29 is 4.79 Å². The highest BCUT2D eigenvalue weighted by Gasteiger charge is 2.08. The fourth-order valence-electron chi connectivity index (χ4n) is 1.84. The van der Waals surface area contributed by atoms with Crippen LogP contribution in [0.2, 0.25) is 0 Å². The van der Waals surface area contributed by atoms with Crippen LogP contribution in [0.25, 0.3) is 11.0 Å². The SMILES string of the molecule is Cc1ccc(CNC(=O)c2cnc3[nH]ncc3c2)nc1. The minimum atomic E-state index is -0.178. The Morgan fingerprint density at radius 1 is 1.25 bits per heavy atom. The number of aryl methyl sites for hydroxylation is 1. The summed E-state index contributed by atoms with van der Waals surface area (Å²) in [5.41, 5.74) is 3.09. The van der Waals surface area contributed by atoms with Crippen LogP contribution >= 0.6 is 0 Å². The van der Waals surface area contributed by atoms with E-state index in [9.17, 15) is 4.79 Å². The van der Waals surface area contributed by atoms with Crippen LogP contribution in [0.3, 0.4) is 0 Å². The van der Waals surface area contributed by atoms with Crippen LogP contribution in [0.4, 0.5) is 0 Å². The largest absolute Gasteiger partial charge is 0.346 e. The van der Waals surface area contributed by atoms with E-state index in [2.05, 4.69) is 25.5 Å². The molecule has 0 saturated carbocycles. The van der Waals surface area contributed by atoms with Gasteiger partial charge in [-0.05, 0) is 24.6 Å². The fourth-order valence-corrected chi connectivity index (χ4v) is 1.84. The van der Waals surface area contributed by atoms with Gasteiger partial charge in [-0.1, -0.05) is 6.07 Å². The van der Waals surface area contributed by atoms with Crippen molar-refractivity contribution in [3.8, 4) is 0 Å². The van der Waals surface area contributed by atoms with Gasteiger partial charge in [0, 0.05) is 17.8 Å². The lowest BCUT2D eigenvalue weighted by Gasteiger charge is -2.05. The molecule has 3 rings (SSSR count). The molecule has 0 saturated heterocycles. The number of nitrogens with zero attached hydrogens (tertiary/aromatic N) is 3. The van der Waals surface area contributed by atoms with Gasteiger partial charge in [-0.3, -0.25) is 14.9 Å². The Morgan fingerprint density at radius 2 is 2.15 bits per heavy atom. The van der Waals surface area contributed by atoms with E-state index in [1.54, 1.807) is 18.5 Å². The minimum Gasteiger partial charge on any atom is -0.346 e. The van der Waals surface area contributed by atoms with Gasteiger partial charge >= 0.3 is 0 Å². The molecule has 0 bridgehead atoms. The first-order chi connectivity index (χ1) is 9.72. The number of fused-ring (bicyclic) bond motifs is 1. The Morgan fingerprint density at radius 3 is 2.95 bits per heavy atom. The predicted molar refractivity (Wildman–Crippen MR) is 74.0 cm³/mol. The summed E-state index contributed by atoms with van der Waals surface area (Å²) in [6.07, 6.45) is 4.94. The summed E-state index contributed by atoms with van der Waals surface area (Å²) in [6, 6.07) is 5.62. The Labute approximate surface area is 115 Å². The molecule has 3 heterocycles. The molecule has 0 aliphatic carbocycles. The number of carbonyl (C=O) groups is 1. The molecule has 100 valence electrons. The molecule has 1 amide bonds. The Balaban J connectivity index is 1.70. The second-order valence-electron chi connectivity index (χ2n) is 4.54. The molecule has 0 fully saturated rings. The molecular formula is C14H13N5O. The van der Waals surface area contributed by atoms with Gasteiger partial charge in [-0.2, -0.15) is 5.10 Å². The molecule has 6 heteroatoms. The van der Waals surface area contributed by atoms with Gasteiger partial charge in [0.05, 0.1) is 24.0 Å². The van der Waals surface area contributed by atoms with E-state index >= 15 is 0 Å². The third kappa shape index (κ3) is 2.49. The van der Waals surface area contributed by atoms with Crippen molar-refractivity contribution in [2.24, 2.45) is 0 Å².